The van der Waals surface area contributed by atoms with Crippen LogP contribution in [-0.4, -0.2) is 66.3 Å². The zero-order chi connectivity index (χ0) is 20.5. The first kappa shape index (κ1) is 21.1. The van der Waals surface area contributed by atoms with E-state index < -0.39 is 10.0 Å². The zero-order valence-electron chi connectivity index (χ0n) is 17.3. The van der Waals surface area contributed by atoms with Crippen LogP contribution in [0.5, 0.6) is 0 Å². The van der Waals surface area contributed by atoms with Crippen molar-refractivity contribution in [3.63, 3.8) is 0 Å². The van der Waals surface area contributed by atoms with Gasteiger partial charge in [0, 0.05) is 37.8 Å². The first-order valence-electron chi connectivity index (χ1n) is 10.2. The Morgan fingerprint density at radius 1 is 1.18 bits per heavy atom. The lowest BCUT2D eigenvalue weighted by molar-refractivity contribution is 0.0934. The molecule has 1 aliphatic heterocycles. The van der Waals surface area contributed by atoms with Gasteiger partial charge in [-0.05, 0) is 19.8 Å². The number of ether oxygens (including phenoxy) is 1. The van der Waals surface area contributed by atoms with Gasteiger partial charge in [0.2, 0.25) is 10.0 Å². The van der Waals surface area contributed by atoms with Gasteiger partial charge in [0.15, 0.2) is 0 Å². The number of aromatic nitrogens is 2. The fourth-order valence-electron chi connectivity index (χ4n) is 3.90. The summed E-state index contributed by atoms with van der Waals surface area (Å²) in [6.07, 6.45) is 5.75. The molecule has 0 unspecified atom stereocenters. The normalized spacial score (nSPS) is 19.9. The van der Waals surface area contributed by atoms with Gasteiger partial charge in [-0.15, -0.1) is 0 Å². The highest BCUT2D eigenvalue weighted by Crippen LogP contribution is 2.34. The lowest BCUT2D eigenvalue weighted by Gasteiger charge is -2.33. The number of rotatable bonds is 4. The average Bonchev–Trinajstić information content (AvgIpc) is 3.31. The predicted molar refractivity (Wildman–Crippen MR) is 106 cm³/mol. The van der Waals surface area contributed by atoms with Gasteiger partial charge in [-0.3, -0.25) is 4.68 Å². The second kappa shape index (κ2) is 8.02. The maximum absolute atomic E-state index is 13.4. The molecule has 2 aliphatic rings. The maximum Gasteiger partial charge on any atom is 0.409 e. The number of piperazine rings is 1. The number of hydrogen-bond donors (Lipinski definition) is 0. The first-order chi connectivity index (χ1) is 13.1. The molecule has 0 atom stereocenters. The minimum Gasteiger partial charge on any atom is -0.450 e. The van der Waals surface area contributed by atoms with Crippen LogP contribution in [0.1, 0.15) is 65.1 Å². The molecule has 0 bridgehead atoms. The van der Waals surface area contributed by atoms with Crippen molar-refractivity contribution in [1.82, 2.24) is 19.0 Å². The Morgan fingerprint density at radius 3 is 2.32 bits per heavy atom. The molecule has 3 rings (SSSR count). The quantitative estimate of drug-likeness (QED) is 0.759. The largest absolute Gasteiger partial charge is 0.450 e. The molecule has 1 amide bonds. The van der Waals surface area contributed by atoms with Crippen LogP contribution in [0, 0.1) is 0 Å². The van der Waals surface area contributed by atoms with Crippen molar-refractivity contribution in [2.24, 2.45) is 0 Å². The third-order valence-corrected chi connectivity index (χ3v) is 7.39. The number of hydrogen-bond acceptors (Lipinski definition) is 5. The van der Waals surface area contributed by atoms with E-state index in [-0.39, 0.29) is 30.6 Å². The maximum atomic E-state index is 13.4. The summed E-state index contributed by atoms with van der Waals surface area (Å²) < 4.78 is 35.2. The van der Waals surface area contributed by atoms with Gasteiger partial charge in [0.1, 0.15) is 4.90 Å². The zero-order valence-corrected chi connectivity index (χ0v) is 18.2. The van der Waals surface area contributed by atoms with Crippen LogP contribution in [0.3, 0.4) is 0 Å². The highest BCUT2D eigenvalue weighted by atomic mass is 32.2. The predicted octanol–water partition coefficient (Wildman–Crippen LogP) is 2.76. The van der Waals surface area contributed by atoms with Gasteiger partial charge in [-0.1, -0.05) is 33.6 Å². The average molecular weight is 413 g/mol. The SMILES string of the molecule is CCOC(=O)N1CCN(S(=O)(=O)c2cn(C3CCCC3)nc2C(C)(C)C)CC1. The van der Waals surface area contributed by atoms with E-state index in [2.05, 4.69) is 0 Å². The van der Waals surface area contributed by atoms with Gasteiger partial charge in [-0.25, -0.2) is 13.2 Å². The minimum atomic E-state index is -3.67. The molecule has 1 saturated carbocycles. The van der Waals surface area contributed by atoms with Crippen molar-refractivity contribution in [2.75, 3.05) is 32.8 Å². The van der Waals surface area contributed by atoms with Crippen LogP contribution in [0.15, 0.2) is 11.1 Å². The molecule has 0 radical (unpaired) electrons. The Balaban J connectivity index is 1.84. The molecule has 0 aromatic carbocycles. The van der Waals surface area contributed by atoms with Gasteiger partial charge in [0.05, 0.1) is 18.3 Å². The van der Waals surface area contributed by atoms with E-state index in [0.717, 1.165) is 25.7 Å². The molecule has 0 N–H and O–H groups in total. The van der Waals surface area contributed by atoms with Gasteiger partial charge in [-0.2, -0.15) is 9.40 Å². The number of sulfonamides is 1. The molecule has 9 heteroatoms. The third kappa shape index (κ3) is 4.20. The van der Waals surface area contributed by atoms with E-state index in [9.17, 15) is 13.2 Å². The lowest BCUT2D eigenvalue weighted by atomic mass is 9.92. The van der Waals surface area contributed by atoms with Crippen molar-refractivity contribution >= 4 is 16.1 Å². The van der Waals surface area contributed by atoms with E-state index in [1.54, 1.807) is 18.0 Å². The smallest absolute Gasteiger partial charge is 0.409 e. The Labute approximate surface area is 167 Å². The van der Waals surface area contributed by atoms with Crippen LogP contribution < -0.4 is 0 Å². The Hall–Kier alpha value is -1.61. The van der Waals surface area contributed by atoms with E-state index in [0.29, 0.717) is 30.3 Å². The van der Waals surface area contributed by atoms with Crippen LogP contribution in [0.25, 0.3) is 0 Å². The minimum absolute atomic E-state index is 0.263. The highest BCUT2D eigenvalue weighted by molar-refractivity contribution is 7.89. The van der Waals surface area contributed by atoms with Crippen molar-refractivity contribution in [2.45, 2.75) is 69.7 Å². The van der Waals surface area contributed by atoms with Crippen molar-refractivity contribution < 1.29 is 17.9 Å². The number of carbonyl (C=O) groups is 1. The molecule has 1 aromatic heterocycles. The summed E-state index contributed by atoms with van der Waals surface area (Å²) in [4.78, 5) is 13.7. The Bertz CT molecular complexity index is 798. The highest BCUT2D eigenvalue weighted by Gasteiger charge is 2.37. The molecule has 2 heterocycles. The molecule has 1 saturated heterocycles. The molecule has 28 heavy (non-hydrogen) atoms. The Morgan fingerprint density at radius 2 is 1.79 bits per heavy atom. The molecule has 158 valence electrons. The standard InChI is InChI=1S/C19H32N4O4S/c1-5-27-18(24)21-10-12-22(13-11-21)28(25,26)16-14-23(15-8-6-7-9-15)20-17(16)19(2,3)4/h14-15H,5-13H2,1-4H3. The number of nitrogens with zero attached hydrogens (tertiary/aromatic N) is 4. The number of carbonyl (C=O) groups excluding carboxylic acids is 1. The molecule has 8 nitrogen and oxygen atoms in total. The summed E-state index contributed by atoms with van der Waals surface area (Å²) in [7, 11) is -3.67. The first-order valence-corrected chi connectivity index (χ1v) is 11.6. The van der Waals surface area contributed by atoms with E-state index >= 15 is 0 Å². The second-order valence-corrected chi connectivity index (χ2v) is 10.5. The van der Waals surface area contributed by atoms with E-state index in [4.69, 9.17) is 9.84 Å². The molecule has 1 aromatic rings. The molecule has 0 spiro atoms. The molecule has 1 aliphatic carbocycles. The van der Waals surface area contributed by atoms with Crippen LogP contribution in [0.4, 0.5) is 4.79 Å². The summed E-state index contributed by atoms with van der Waals surface area (Å²) in [5, 5.41) is 4.72. The van der Waals surface area contributed by atoms with Crippen LogP contribution in [-0.2, 0) is 20.2 Å². The van der Waals surface area contributed by atoms with Crippen molar-refractivity contribution in [3.8, 4) is 0 Å². The summed E-state index contributed by atoms with van der Waals surface area (Å²) >= 11 is 0. The fraction of sp³-hybridized carbons (Fsp3) is 0.789. The lowest BCUT2D eigenvalue weighted by Crippen LogP contribution is -2.50. The van der Waals surface area contributed by atoms with Gasteiger partial charge >= 0.3 is 6.09 Å². The monoisotopic (exact) mass is 412 g/mol. The van der Waals surface area contributed by atoms with E-state index in [1.165, 1.54) is 4.31 Å². The Kier molecular flexibility index (Phi) is 6.05. The summed E-state index contributed by atoms with van der Waals surface area (Å²) in [5.41, 5.74) is 0.242. The molecular weight excluding hydrogens is 380 g/mol. The van der Waals surface area contributed by atoms with Gasteiger partial charge < -0.3 is 9.64 Å². The molecular formula is C19H32N4O4S. The third-order valence-electron chi connectivity index (χ3n) is 5.49. The molecule has 2 fully saturated rings. The van der Waals surface area contributed by atoms with Crippen molar-refractivity contribution in [3.05, 3.63) is 11.9 Å². The topological polar surface area (TPSA) is 84.7 Å². The summed E-state index contributed by atoms with van der Waals surface area (Å²) in [5.74, 6) is 0. The van der Waals surface area contributed by atoms with Crippen molar-refractivity contribution in [1.29, 1.82) is 0 Å². The fourth-order valence-corrected chi connectivity index (χ4v) is 5.66. The van der Waals surface area contributed by atoms with Crippen LogP contribution in [0.2, 0.25) is 0 Å². The summed E-state index contributed by atoms with van der Waals surface area (Å²) in [6, 6.07) is 0.283. The number of amides is 1. The van der Waals surface area contributed by atoms with Gasteiger partial charge in [0.25, 0.3) is 0 Å². The van der Waals surface area contributed by atoms with Crippen LogP contribution >= 0.6 is 0 Å². The van der Waals surface area contributed by atoms with E-state index in [1.807, 2.05) is 25.5 Å². The summed E-state index contributed by atoms with van der Waals surface area (Å²) in [6.45, 7) is 9.24. The second-order valence-electron chi connectivity index (χ2n) is 8.60.